The molecule has 1 unspecified atom stereocenters. The normalized spacial score (nSPS) is 12.8. The van der Waals surface area contributed by atoms with Gasteiger partial charge in [0.2, 0.25) is 5.91 Å². The number of ether oxygens (including phenoxy) is 1. The molecule has 0 fully saturated rings. The molecule has 5 nitrogen and oxygen atoms in total. The Kier molecular flexibility index (Phi) is 5.71. The molecule has 0 aromatic rings. The summed E-state index contributed by atoms with van der Waals surface area (Å²) >= 11 is 0. The third-order valence-electron chi connectivity index (χ3n) is 1.64. The van der Waals surface area contributed by atoms with Crippen LogP contribution in [0.4, 0.5) is 0 Å². The molecule has 0 saturated heterocycles. The van der Waals surface area contributed by atoms with Crippen molar-refractivity contribution in [3.63, 3.8) is 0 Å². The minimum Gasteiger partial charge on any atom is -0.458 e. The monoisotopic (exact) mass is 229 g/mol. The summed E-state index contributed by atoms with van der Waals surface area (Å²) in [6, 6.07) is -0.748. The van der Waals surface area contributed by atoms with Crippen LogP contribution in [0.15, 0.2) is 0 Å². The van der Waals surface area contributed by atoms with Gasteiger partial charge in [-0.2, -0.15) is 0 Å². The van der Waals surface area contributed by atoms with Crippen LogP contribution in [-0.4, -0.2) is 29.8 Å². The van der Waals surface area contributed by atoms with E-state index in [2.05, 4.69) is 5.32 Å². The maximum absolute atomic E-state index is 11.6. The molecule has 0 saturated carbocycles. The summed E-state index contributed by atoms with van der Waals surface area (Å²) in [5.74, 6) is -0.827. The van der Waals surface area contributed by atoms with Crippen molar-refractivity contribution in [2.75, 3.05) is 0 Å². The van der Waals surface area contributed by atoms with Crippen LogP contribution in [0.25, 0.3) is 0 Å². The fraction of sp³-hybridized carbons (Fsp3) is 0.727. The lowest BCUT2D eigenvalue weighted by atomic mass is 10.1. The van der Waals surface area contributed by atoms with E-state index in [1.54, 1.807) is 20.8 Å². The highest BCUT2D eigenvalue weighted by Gasteiger charge is 2.25. The second kappa shape index (κ2) is 6.25. The average Bonchev–Trinajstić information content (AvgIpc) is 2.08. The Balaban J connectivity index is 4.42. The second-order valence-electron chi connectivity index (χ2n) is 4.53. The molecule has 0 aromatic heterocycles. The zero-order chi connectivity index (χ0) is 12.8. The van der Waals surface area contributed by atoms with Crippen LogP contribution < -0.4 is 5.32 Å². The lowest BCUT2D eigenvalue weighted by molar-refractivity contribution is -0.158. The smallest absolute Gasteiger partial charge is 0.329 e. The summed E-state index contributed by atoms with van der Waals surface area (Å²) in [6.45, 7) is 6.55. The van der Waals surface area contributed by atoms with Gasteiger partial charge >= 0.3 is 5.97 Å². The molecule has 0 aliphatic carbocycles. The molecule has 0 aliphatic heterocycles. The van der Waals surface area contributed by atoms with Gasteiger partial charge < -0.3 is 14.8 Å². The van der Waals surface area contributed by atoms with Crippen molar-refractivity contribution in [3.05, 3.63) is 0 Å². The minimum atomic E-state index is -0.748. The largest absolute Gasteiger partial charge is 0.458 e. The van der Waals surface area contributed by atoms with Crippen LogP contribution in [0.1, 0.15) is 40.5 Å². The number of amides is 1. The first-order valence-electron chi connectivity index (χ1n) is 5.20. The SMILES string of the molecule is CC(=O)NC(CCC=O)C(=O)OC(C)(C)C. The third-order valence-corrected chi connectivity index (χ3v) is 1.64. The van der Waals surface area contributed by atoms with Crippen molar-refractivity contribution in [1.29, 1.82) is 0 Å². The Morgan fingerprint density at radius 2 is 1.94 bits per heavy atom. The Hall–Kier alpha value is -1.39. The van der Waals surface area contributed by atoms with Crippen molar-refractivity contribution in [3.8, 4) is 0 Å². The van der Waals surface area contributed by atoms with Crippen molar-refractivity contribution >= 4 is 18.2 Å². The highest BCUT2D eigenvalue weighted by atomic mass is 16.6. The predicted octanol–water partition coefficient (Wildman–Crippen LogP) is 0.812. The lowest BCUT2D eigenvalue weighted by Crippen LogP contribution is -2.43. The molecule has 0 heterocycles. The zero-order valence-electron chi connectivity index (χ0n) is 10.2. The number of hydrogen-bond donors (Lipinski definition) is 1. The van der Waals surface area contributed by atoms with E-state index in [4.69, 9.17) is 4.74 Å². The highest BCUT2D eigenvalue weighted by Crippen LogP contribution is 2.10. The van der Waals surface area contributed by atoms with E-state index in [0.29, 0.717) is 6.29 Å². The summed E-state index contributed by atoms with van der Waals surface area (Å²) < 4.78 is 5.13. The van der Waals surface area contributed by atoms with Crippen LogP contribution in [0.3, 0.4) is 0 Å². The first-order valence-corrected chi connectivity index (χ1v) is 5.20. The van der Waals surface area contributed by atoms with Crippen molar-refractivity contribution in [2.45, 2.75) is 52.2 Å². The molecule has 1 atom stereocenters. The molecule has 0 radical (unpaired) electrons. The number of carbonyl (C=O) groups excluding carboxylic acids is 3. The maximum atomic E-state index is 11.6. The molecular formula is C11H19NO4. The number of carbonyl (C=O) groups is 3. The van der Waals surface area contributed by atoms with Crippen molar-refractivity contribution in [2.24, 2.45) is 0 Å². The number of esters is 1. The van der Waals surface area contributed by atoms with Crippen LogP contribution in [-0.2, 0) is 19.1 Å². The van der Waals surface area contributed by atoms with Crippen LogP contribution >= 0.6 is 0 Å². The van der Waals surface area contributed by atoms with E-state index < -0.39 is 17.6 Å². The molecule has 16 heavy (non-hydrogen) atoms. The lowest BCUT2D eigenvalue weighted by Gasteiger charge is -2.23. The molecule has 1 N–H and O–H groups in total. The Morgan fingerprint density at radius 1 is 1.38 bits per heavy atom. The second-order valence-corrected chi connectivity index (χ2v) is 4.53. The van der Waals surface area contributed by atoms with Gasteiger partial charge in [0.25, 0.3) is 0 Å². The zero-order valence-corrected chi connectivity index (χ0v) is 10.2. The molecular weight excluding hydrogens is 210 g/mol. The van der Waals surface area contributed by atoms with E-state index >= 15 is 0 Å². The number of nitrogens with one attached hydrogen (secondary N) is 1. The van der Waals surface area contributed by atoms with E-state index in [-0.39, 0.29) is 18.7 Å². The Bertz CT molecular complexity index is 268. The van der Waals surface area contributed by atoms with Crippen molar-refractivity contribution < 1.29 is 19.1 Å². The van der Waals surface area contributed by atoms with Gasteiger partial charge in [-0.3, -0.25) is 4.79 Å². The topological polar surface area (TPSA) is 72.5 Å². The van der Waals surface area contributed by atoms with Gasteiger partial charge in [0.1, 0.15) is 17.9 Å². The van der Waals surface area contributed by atoms with Gasteiger partial charge in [-0.25, -0.2) is 4.79 Å². The molecule has 5 heteroatoms. The molecule has 0 rings (SSSR count). The molecule has 0 bridgehead atoms. The Labute approximate surface area is 95.5 Å². The number of rotatable bonds is 5. The summed E-state index contributed by atoms with van der Waals surface area (Å²) in [6.07, 6.45) is 1.18. The fourth-order valence-electron chi connectivity index (χ4n) is 1.10. The van der Waals surface area contributed by atoms with Gasteiger partial charge in [-0.1, -0.05) is 0 Å². The van der Waals surface area contributed by atoms with Gasteiger partial charge in [0, 0.05) is 13.3 Å². The summed E-state index contributed by atoms with van der Waals surface area (Å²) in [4.78, 5) is 32.8. The molecule has 1 amide bonds. The number of hydrogen-bond acceptors (Lipinski definition) is 4. The quantitative estimate of drug-likeness (QED) is 0.559. The van der Waals surface area contributed by atoms with Gasteiger partial charge in [0.05, 0.1) is 0 Å². The molecule has 0 spiro atoms. The summed E-state index contributed by atoms with van der Waals surface area (Å²) in [5, 5.41) is 2.46. The molecule has 0 aliphatic rings. The minimum absolute atomic E-state index is 0.212. The average molecular weight is 229 g/mol. The first kappa shape index (κ1) is 14.6. The van der Waals surface area contributed by atoms with E-state index in [9.17, 15) is 14.4 Å². The predicted molar refractivity (Wildman–Crippen MR) is 58.7 cm³/mol. The highest BCUT2D eigenvalue weighted by molar-refractivity contribution is 5.83. The third kappa shape index (κ3) is 6.98. The van der Waals surface area contributed by atoms with Crippen molar-refractivity contribution in [1.82, 2.24) is 5.32 Å². The Morgan fingerprint density at radius 3 is 2.31 bits per heavy atom. The standard InChI is InChI=1S/C11H19NO4/c1-8(14)12-9(6-5-7-13)10(15)16-11(2,3)4/h7,9H,5-6H2,1-4H3,(H,12,14). The maximum Gasteiger partial charge on any atom is 0.329 e. The molecule has 0 aromatic carbocycles. The summed E-state index contributed by atoms with van der Waals surface area (Å²) in [7, 11) is 0. The van der Waals surface area contributed by atoms with Crippen LogP contribution in [0, 0.1) is 0 Å². The van der Waals surface area contributed by atoms with E-state index in [0.717, 1.165) is 0 Å². The van der Waals surface area contributed by atoms with Crippen LogP contribution in [0.2, 0.25) is 0 Å². The summed E-state index contributed by atoms with van der Waals surface area (Å²) in [5.41, 5.74) is -0.602. The molecule has 92 valence electrons. The first-order chi connectivity index (χ1) is 7.26. The van der Waals surface area contributed by atoms with Crippen LogP contribution in [0.5, 0.6) is 0 Å². The van der Waals surface area contributed by atoms with Gasteiger partial charge in [-0.15, -0.1) is 0 Å². The van der Waals surface area contributed by atoms with E-state index in [1.807, 2.05) is 0 Å². The fourth-order valence-corrected chi connectivity index (χ4v) is 1.10. The van der Waals surface area contributed by atoms with Gasteiger partial charge in [-0.05, 0) is 27.2 Å². The number of aldehydes is 1. The van der Waals surface area contributed by atoms with E-state index in [1.165, 1.54) is 6.92 Å². The van der Waals surface area contributed by atoms with Gasteiger partial charge in [0.15, 0.2) is 0 Å².